The van der Waals surface area contributed by atoms with Crippen LogP contribution < -0.4 is 41.3 Å². The number of amides is 2. The maximum atomic E-state index is 13.8. The highest BCUT2D eigenvalue weighted by Gasteiger charge is 2.56. The zero-order valence-electron chi connectivity index (χ0n) is 62.9. The Balaban J connectivity index is 0.726. The summed E-state index contributed by atoms with van der Waals surface area (Å²) in [5.41, 5.74) is 8.70. The van der Waals surface area contributed by atoms with E-state index in [1.54, 1.807) is 47.1 Å². The Kier molecular flexibility index (Phi) is 30.8. The molecular formula is C70H91N13O27P3S2+. The molecule has 13 N–H and O–H groups in total. The van der Waals surface area contributed by atoms with E-state index in [0.717, 1.165) is 18.1 Å². The van der Waals surface area contributed by atoms with E-state index >= 15 is 0 Å². The van der Waals surface area contributed by atoms with Crippen LogP contribution in [-0.2, 0) is 72.6 Å². The third-order valence-electron chi connectivity index (χ3n) is 19.0. The van der Waals surface area contributed by atoms with Gasteiger partial charge < -0.3 is 66.1 Å². The number of fused-ring (bicyclic) bond motifs is 3. The Morgan fingerprint density at radius 3 is 2.02 bits per heavy atom. The van der Waals surface area contributed by atoms with Gasteiger partial charge >= 0.3 is 36.4 Å². The molecule has 3 unspecified atom stereocenters. The van der Waals surface area contributed by atoms with Gasteiger partial charge in [0.05, 0.1) is 50.0 Å². The first-order chi connectivity index (χ1) is 54.2. The Morgan fingerprint density at radius 1 is 0.722 bits per heavy atom. The minimum absolute atomic E-state index is 0.00837. The van der Waals surface area contributed by atoms with E-state index in [4.69, 9.17) is 29.4 Å². The predicted molar refractivity (Wildman–Crippen MR) is 411 cm³/mol. The zero-order valence-corrected chi connectivity index (χ0v) is 67.2. The van der Waals surface area contributed by atoms with Crippen molar-refractivity contribution in [3.8, 4) is 0 Å². The summed E-state index contributed by atoms with van der Waals surface area (Å²) in [4.78, 5) is 144. The van der Waals surface area contributed by atoms with Gasteiger partial charge in [-0.3, -0.25) is 43.0 Å². The number of nitrogen functional groups attached to an aromatic ring is 1. The number of hydrogen-bond donors (Lipinski definition) is 12. The average Bonchev–Trinajstić information content (AvgIpc) is 1.56. The molecule has 0 aliphatic carbocycles. The number of carboxylic acid groups (broad SMARTS) is 2. The Labute approximate surface area is 662 Å². The molecular weight excluding hydrogens is 1610 g/mol. The van der Waals surface area contributed by atoms with Crippen LogP contribution in [0.1, 0.15) is 145 Å². The molecule has 3 aliphatic rings. The molecule has 0 bridgehead atoms. The number of aliphatic hydroxyl groups excluding tert-OH is 1. The summed E-state index contributed by atoms with van der Waals surface area (Å²) in [7, 11) is -26.5. The van der Waals surface area contributed by atoms with E-state index in [1.165, 1.54) is 53.4 Å². The number of nitrogens with two attached hydrogens (primary N) is 1. The Bertz CT molecular complexity index is 4880. The molecule has 40 nitrogen and oxygen atoms in total. The summed E-state index contributed by atoms with van der Waals surface area (Å²) < 4.78 is 103. The normalized spacial score (nSPS) is 19.2. The smallest absolute Gasteiger partial charge is 0.487 e. The minimum Gasteiger partial charge on any atom is -0.603 e. The third-order valence-corrected chi connectivity index (χ3v) is 25.0. The number of carboxylic acids is 2. The number of carbonyl (C=O) groups is 4. The number of carbonyl (C=O) groups excluding carboxylic acids is 2. The lowest BCUT2D eigenvalue weighted by Gasteiger charge is -2.27. The summed E-state index contributed by atoms with van der Waals surface area (Å²) in [6, 6.07) is 18.6. The van der Waals surface area contributed by atoms with Crippen molar-refractivity contribution in [3.05, 3.63) is 142 Å². The molecule has 0 spiro atoms. The van der Waals surface area contributed by atoms with Crippen molar-refractivity contribution >= 4 is 125 Å². The van der Waals surface area contributed by atoms with Gasteiger partial charge in [0.1, 0.15) is 36.8 Å². The molecule has 0 radical (unpaired) electrons. The number of nitro benzene ring substituents is 1. The van der Waals surface area contributed by atoms with E-state index < -0.39 is 122 Å². The lowest BCUT2D eigenvalue weighted by molar-refractivity contribution is -0.425. The summed E-state index contributed by atoms with van der Waals surface area (Å²) in [5.74, 6) is -2.94. The number of phosphoric acid groups is 3. The quantitative estimate of drug-likeness (QED) is 0.00350. The number of anilines is 3. The van der Waals surface area contributed by atoms with E-state index in [2.05, 4.69) is 49.8 Å². The van der Waals surface area contributed by atoms with Crippen molar-refractivity contribution in [2.75, 3.05) is 68.5 Å². The molecule has 0 saturated carbocycles. The number of non-ortho nitro benzene ring substituents is 1. The van der Waals surface area contributed by atoms with Crippen LogP contribution in [-0.4, -0.2) is 185 Å². The van der Waals surface area contributed by atoms with Crippen molar-refractivity contribution in [2.45, 2.75) is 163 Å². The van der Waals surface area contributed by atoms with Gasteiger partial charge in [-0.15, -0.1) is 5.11 Å². The van der Waals surface area contributed by atoms with Gasteiger partial charge in [0.25, 0.3) is 37.7 Å². The van der Waals surface area contributed by atoms with E-state index in [9.17, 15) is 94.8 Å². The first kappa shape index (κ1) is 90.4. The average molecular weight is 1700 g/mol. The van der Waals surface area contributed by atoms with Gasteiger partial charge in [-0.1, -0.05) is 52.0 Å². The SMILES string of the molecule is CC1(C)C(=CC=CC2=[N+](CC(=O)NCCCCCCO[P+]([O-])(O)O[P+]([O-])(O)O[P+]([O-])(O)OC[C@H]3O[C@@H](n4cnc5c(N)ncnc54)[C@H](OCCCCCCNC(=O)c4cc([N+](=O)[O-])ccc4N=Nc4ccc(NCCCC(=O)O)cc4)[C@@H]3O)c3ccc(S(=O)(=O)O)cc3C2(C)C)N(CCCCCC(=O)O)c2ccc(S(=O)(=O)O)cc21. The second-order valence-electron chi connectivity index (χ2n) is 28.0. The summed E-state index contributed by atoms with van der Waals surface area (Å²) in [5, 5.41) is 58.3. The number of unbranched alkanes of at least 4 members (excludes halogenated alkanes) is 8. The number of aromatic nitrogens is 4. The number of nitrogens with one attached hydrogen (secondary N) is 3. The maximum Gasteiger partial charge on any atom is 0.487 e. The molecule has 45 heteroatoms. The molecule has 5 heterocycles. The molecule has 3 aliphatic heterocycles. The number of hydrogen-bond acceptors (Lipinski definition) is 31. The van der Waals surface area contributed by atoms with Crippen molar-refractivity contribution in [2.24, 2.45) is 10.2 Å². The van der Waals surface area contributed by atoms with Crippen LogP contribution >= 0.6 is 24.5 Å². The summed E-state index contributed by atoms with van der Waals surface area (Å²) >= 11 is 0. The number of nitro groups is 1. The number of ether oxygens (including phenoxy) is 2. The highest BCUT2D eigenvalue weighted by Crippen LogP contribution is 2.72. The molecule has 6 aromatic rings. The fourth-order valence-corrected chi connectivity index (χ4v) is 17.8. The van der Waals surface area contributed by atoms with Crippen LogP contribution in [0.3, 0.4) is 0 Å². The number of aliphatic carboxylic acids is 2. The zero-order chi connectivity index (χ0) is 83.8. The van der Waals surface area contributed by atoms with Crippen LogP contribution in [0, 0.1) is 10.1 Å². The van der Waals surface area contributed by atoms with Crippen LogP contribution in [0.15, 0.2) is 135 Å². The number of nitrogens with zero attached hydrogens (tertiary/aromatic N) is 9. The third kappa shape index (κ3) is 24.5. The van der Waals surface area contributed by atoms with Gasteiger partial charge in [-0.05, 0) is 131 Å². The number of imidazole rings is 1. The van der Waals surface area contributed by atoms with Crippen molar-refractivity contribution < 1.29 is 126 Å². The maximum absolute atomic E-state index is 13.8. The molecule has 115 heavy (non-hydrogen) atoms. The second kappa shape index (κ2) is 39.1. The van der Waals surface area contributed by atoms with Crippen LogP contribution in [0.2, 0.25) is 0 Å². The number of phosphoric ester groups is 2. The van der Waals surface area contributed by atoms with E-state index in [-0.39, 0.29) is 89.2 Å². The Morgan fingerprint density at radius 2 is 1.35 bits per heavy atom. The van der Waals surface area contributed by atoms with E-state index in [0.29, 0.717) is 123 Å². The fourth-order valence-electron chi connectivity index (χ4n) is 13.2. The molecule has 4 aromatic carbocycles. The second-order valence-corrected chi connectivity index (χ2v) is 35.5. The van der Waals surface area contributed by atoms with Gasteiger partial charge in [0, 0.05) is 107 Å². The minimum atomic E-state index is -5.98. The standard InChI is InChI=1S/C70H90N13O27P3S2/c1-69(2)51-39-48(114(99,100)101)27-30-54(51)80(35-13-9-10-20-60(85)86)57(69)18-16-19-58-70(3,4)52-40-49(115(102,103)104)28-31-55(52)81(58)41-59(84)73-32-11-6-8-15-37-106-111(93,94)109-113(97,98)110-112(95,96)107-42-56-63(89)64(68(108-56)82-44-77-62-65(71)75-43-76-66(62)82)105-36-14-7-5-12-33-74-67(90)50-38-47(83(91)92)26-29-53(50)79-78-46-24-22-45(23-25-46)72-34-17-21-61(87)88/h16,18-19,22-31,38-40,43-44,56,63-64,68,89H,5-15,17,20-21,32-37,41-42H2,1-4H3,(H11-,71,72,73,74,75,76,79,84,85,86,87,88,90,93,94,95,96,97,98,99,100,101,102,103,104)/p+1/t56-,63-,64-,68-/m1/s1. The molecule has 2 amide bonds. The van der Waals surface area contributed by atoms with Gasteiger partial charge in [0.15, 0.2) is 23.4 Å². The number of azo groups is 1. The van der Waals surface area contributed by atoms with E-state index in [1.807, 2.05) is 38.7 Å². The molecule has 7 atom stereocenters. The molecule has 1 saturated heterocycles. The number of rotatable bonds is 45. The number of aliphatic hydroxyl groups is 1. The van der Waals surface area contributed by atoms with Crippen molar-refractivity contribution in [3.63, 3.8) is 0 Å². The monoisotopic (exact) mass is 1700 g/mol. The van der Waals surface area contributed by atoms with Crippen molar-refractivity contribution in [1.82, 2.24) is 30.2 Å². The molecule has 2 aromatic heterocycles. The van der Waals surface area contributed by atoms with Crippen LogP contribution in [0.4, 0.5) is 39.9 Å². The first-order valence-corrected chi connectivity index (χ1v) is 43.7. The molecule has 624 valence electrons. The molecule has 9 rings (SSSR count). The summed E-state index contributed by atoms with van der Waals surface area (Å²) in [6.45, 7) is 6.67. The topological polar surface area (TPSA) is 603 Å². The van der Waals surface area contributed by atoms with Gasteiger partial charge in [-0.25, -0.2) is 15.0 Å². The Hall–Kier alpha value is -8.55. The van der Waals surface area contributed by atoms with Crippen LogP contribution in [0.25, 0.3) is 11.2 Å². The fraction of sp³-hybridized carbons (Fsp3) is 0.457. The summed E-state index contributed by atoms with van der Waals surface area (Å²) in [6.07, 6.45) is 6.98. The van der Waals surface area contributed by atoms with Gasteiger partial charge in [0.2, 0.25) is 12.2 Å². The van der Waals surface area contributed by atoms with Crippen molar-refractivity contribution in [1.29, 1.82) is 0 Å². The predicted octanol–water partition coefficient (Wildman–Crippen LogP) is 6.93. The highest BCUT2D eigenvalue weighted by atomic mass is 32.2. The first-order valence-electron chi connectivity index (χ1n) is 36.3. The lowest BCUT2D eigenvalue weighted by atomic mass is 9.81. The molecule has 1 fully saturated rings. The number of benzene rings is 4. The largest absolute Gasteiger partial charge is 0.603 e. The highest BCUT2D eigenvalue weighted by molar-refractivity contribution is 7.86. The van der Waals surface area contributed by atoms with Crippen LogP contribution in [0.5, 0.6) is 0 Å². The number of allylic oxidation sites excluding steroid dienone is 4. The van der Waals surface area contributed by atoms with Gasteiger partial charge in [-0.2, -0.15) is 50.3 Å². The lowest BCUT2D eigenvalue weighted by Crippen LogP contribution is -2.36.